The van der Waals surface area contributed by atoms with E-state index in [4.69, 9.17) is 0 Å². The quantitative estimate of drug-likeness (QED) is 0.770. The van der Waals surface area contributed by atoms with Gasteiger partial charge in [0, 0.05) is 0 Å². The highest BCUT2D eigenvalue weighted by atomic mass is 19.4. The molecule has 1 N–H and O–H groups in total. The summed E-state index contributed by atoms with van der Waals surface area (Å²) >= 11 is 0. The van der Waals surface area contributed by atoms with Crippen molar-refractivity contribution in [2.75, 3.05) is 5.32 Å². The van der Waals surface area contributed by atoms with E-state index in [-0.39, 0.29) is 12.1 Å². The summed E-state index contributed by atoms with van der Waals surface area (Å²) in [6.07, 6.45) is -1.85. The number of benzene rings is 2. The second-order valence-electron chi connectivity index (χ2n) is 5.72. The monoisotopic (exact) mass is 360 g/mol. The van der Waals surface area contributed by atoms with Gasteiger partial charge in [-0.3, -0.25) is 4.79 Å². The Morgan fingerprint density at radius 1 is 1.19 bits per heavy atom. The highest BCUT2D eigenvalue weighted by Gasteiger charge is 2.31. The smallest absolute Gasteiger partial charge is 0.324 e. The summed E-state index contributed by atoms with van der Waals surface area (Å²) in [5, 5.41) is 6.48. The standard InChI is InChI=1S/C18H15F3N4O/c1-12-4-2-3-5-13(12)8-17(26)24-15-9-14(18(19,20)21)6-7-16(15)25-11-22-10-23-25/h2-7,9-11H,8H2,1H3,(H,24,26). The van der Waals surface area contributed by atoms with Crippen molar-refractivity contribution < 1.29 is 18.0 Å². The summed E-state index contributed by atoms with van der Waals surface area (Å²) < 4.78 is 40.4. The lowest BCUT2D eigenvalue weighted by Crippen LogP contribution is -2.17. The Morgan fingerprint density at radius 3 is 2.62 bits per heavy atom. The Bertz CT molecular complexity index is 920. The van der Waals surface area contributed by atoms with Gasteiger partial charge in [0.1, 0.15) is 12.7 Å². The molecule has 0 aliphatic rings. The highest BCUT2D eigenvalue weighted by Crippen LogP contribution is 2.33. The molecule has 1 heterocycles. The van der Waals surface area contributed by atoms with E-state index in [2.05, 4.69) is 15.4 Å². The van der Waals surface area contributed by atoms with E-state index in [1.54, 1.807) is 12.1 Å². The number of nitrogens with one attached hydrogen (secondary N) is 1. The molecular formula is C18H15F3N4O. The number of aromatic nitrogens is 3. The third-order valence-electron chi connectivity index (χ3n) is 3.88. The average Bonchev–Trinajstić information content (AvgIpc) is 3.10. The molecule has 8 heteroatoms. The third kappa shape index (κ3) is 3.90. The Kier molecular flexibility index (Phi) is 4.75. The van der Waals surface area contributed by atoms with Gasteiger partial charge in [0.2, 0.25) is 5.91 Å². The van der Waals surface area contributed by atoms with Crippen LogP contribution in [0, 0.1) is 6.92 Å². The van der Waals surface area contributed by atoms with E-state index in [9.17, 15) is 18.0 Å². The fourth-order valence-electron chi connectivity index (χ4n) is 2.52. The Labute approximate surface area is 147 Å². The lowest BCUT2D eigenvalue weighted by Gasteiger charge is -2.14. The first-order chi connectivity index (χ1) is 12.3. The predicted octanol–water partition coefficient (Wildman–Crippen LogP) is 3.78. The van der Waals surface area contributed by atoms with E-state index < -0.39 is 17.6 Å². The second kappa shape index (κ2) is 6.99. The lowest BCUT2D eigenvalue weighted by molar-refractivity contribution is -0.137. The number of carbonyl (C=O) groups excluding carboxylic acids is 1. The van der Waals surface area contributed by atoms with E-state index in [0.29, 0.717) is 5.69 Å². The van der Waals surface area contributed by atoms with Crippen LogP contribution in [0.4, 0.5) is 18.9 Å². The van der Waals surface area contributed by atoms with Crippen molar-refractivity contribution in [2.45, 2.75) is 19.5 Å². The molecule has 3 rings (SSSR count). The van der Waals surface area contributed by atoms with Gasteiger partial charge in [-0.05, 0) is 36.2 Å². The van der Waals surface area contributed by atoms with Crippen LogP contribution in [0.3, 0.4) is 0 Å². The van der Waals surface area contributed by atoms with Crippen molar-refractivity contribution in [3.8, 4) is 5.69 Å². The van der Waals surface area contributed by atoms with Gasteiger partial charge < -0.3 is 5.32 Å². The first-order valence-corrected chi connectivity index (χ1v) is 7.75. The SMILES string of the molecule is Cc1ccccc1CC(=O)Nc1cc(C(F)(F)F)ccc1-n1cncn1. The molecule has 26 heavy (non-hydrogen) atoms. The van der Waals surface area contributed by atoms with Crippen molar-refractivity contribution in [1.82, 2.24) is 14.8 Å². The maximum atomic E-state index is 13.0. The first kappa shape index (κ1) is 17.7. The maximum absolute atomic E-state index is 13.0. The summed E-state index contributed by atoms with van der Waals surface area (Å²) in [6.45, 7) is 1.87. The van der Waals surface area contributed by atoms with E-state index in [0.717, 1.165) is 23.3 Å². The Morgan fingerprint density at radius 2 is 1.96 bits per heavy atom. The minimum atomic E-state index is -4.52. The van der Waals surface area contributed by atoms with Crippen LogP contribution in [0.1, 0.15) is 16.7 Å². The van der Waals surface area contributed by atoms with Crippen molar-refractivity contribution in [2.24, 2.45) is 0 Å². The number of rotatable bonds is 4. The zero-order chi connectivity index (χ0) is 18.7. The molecule has 0 fully saturated rings. The van der Waals surface area contributed by atoms with Gasteiger partial charge in [-0.2, -0.15) is 18.3 Å². The van der Waals surface area contributed by atoms with Crippen LogP contribution >= 0.6 is 0 Å². The van der Waals surface area contributed by atoms with Crippen LogP contribution in [0.5, 0.6) is 0 Å². The highest BCUT2D eigenvalue weighted by molar-refractivity contribution is 5.94. The number of hydrogen-bond acceptors (Lipinski definition) is 3. The van der Waals surface area contributed by atoms with Crippen LogP contribution in [-0.4, -0.2) is 20.7 Å². The van der Waals surface area contributed by atoms with E-state index in [1.807, 2.05) is 19.1 Å². The summed E-state index contributed by atoms with van der Waals surface area (Å²) in [7, 11) is 0. The molecule has 2 aromatic carbocycles. The molecule has 0 radical (unpaired) electrons. The fourth-order valence-corrected chi connectivity index (χ4v) is 2.52. The van der Waals surface area contributed by atoms with Crippen LogP contribution in [-0.2, 0) is 17.4 Å². The molecule has 0 aliphatic heterocycles. The topological polar surface area (TPSA) is 59.8 Å². The second-order valence-corrected chi connectivity index (χ2v) is 5.72. The van der Waals surface area contributed by atoms with Gasteiger partial charge in [-0.25, -0.2) is 9.67 Å². The number of alkyl halides is 3. The molecular weight excluding hydrogens is 345 g/mol. The summed E-state index contributed by atoms with van der Waals surface area (Å²) in [5.74, 6) is -0.417. The Hall–Kier alpha value is -3.16. The molecule has 0 aliphatic carbocycles. The van der Waals surface area contributed by atoms with Crippen molar-refractivity contribution in [3.63, 3.8) is 0 Å². The Balaban J connectivity index is 1.91. The summed E-state index contributed by atoms with van der Waals surface area (Å²) in [6, 6.07) is 10.4. The normalized spacial score (nSPS) is 11.4. The zero-order valence-corrected chi connectivity index (χ0v) is 13.8. The first-order valence-electron chi connectivity index (χ1n) is 7.75. The van der Waals surface area contributed by atoms with Gasteiger partial charge in [0.05, 0.1) is 23.4 Å². The molecule has 1 aromatic heterocycles. The lowest BCUT2D eigenvalue weighted by atomic mass is 10.1. The molecule has 0 bridgehead atoms. The molecule has 0 spiro atoms. The van der Waals surface area contributed by atoms with Gasteiger partial charge >= 0.3 is 6.18 Å². The number of nitrogens with zero attached hydrogens (tertiary/aromatic N) is 3. The average molecular weight is 360 g/mol. The largest absolute Gasteiger partial charge is 0.416 e. The molecule has 5 nitrogen and oxygen atoms in total. The number of hydrogen-bond donors (Lipinski definition) is 1. The van der Waals surface area contributed by atoms with Crippen LogP contribution in [0.25, 0.3) is 5.69 Å². The minimum absolute atomic E-state index is 0.0175. The maximum Gasteiger partial charge on any atom is 0.416 e. The van der Waals surface area contributed by atoms with Crippen molar-refractivity contribution in [1.29, 1.82) is 0 Å². The zero-order valence-electron chi connectivity index (χ0n) is 13.8. The molecule has 3 aromatic rings. The van der Waals surface area contributed by atoms with Gasteiger partial charge in [0.25, 0.3) is 0 Å². The molecule has 0 atom stereocenters. The molecule has 134 valence electrons. The molecule has 0 unspecified atom stereocenters. The van der Waals surface area contributed by atoms with Gasteiger partial charge in [0.15, 0.2) is 0 Å². The van der Waals surface area contributed by atoms with E-state index >= 15 is 0 Å². The summed E-state index contributed by atoms with van der Waals surface area (Å²) in [5.41, 5.74) is 1.20. The minimum Gasteiger partial charge on any atom is -0.324 e. The summed E-state index contributed by atoms with van der Waals surface area (Å²) in [4.78, 5) is 16.2. The third-order valence-corrected chi connectivity index (χ3v) is 3.88. The van der Waals surface area contributed by atoms with Gasteiger partial charge in [-0.1, -0.05) is 24.3 Å². The van der Waals surface area contributed by atoms with Crippen LogP contribution in [0.15, 0.2) is 55.1 Å². The molecule has 0 saturated heterocycles. The van der Waals surface area contributed by atoms with E-state index in [1.165, 1.54) is 23.4 Å². The van der Waals surface area contributed by atoms with Gasteiger partial charge in [-0.15, -0.1) is 0 Å². The van der Waals surface area contributed by atoms with Crippen molar-refractivity contribution >= 4 is 11.6 Å². The van der Waals surface area contributed by atoms with Crippen LogP contribution in [0.2, 0.25) is 0 Å². The van der Waals surface area contributed by atoms with Crippen LogP contribution < -0.4 is 5.32 Å². The molecule has 0 saturated carbocycles. The number of carbonyl (C=O) groups is 1. The fraction of sp³-hybridized carbons (Fsp3) is 0.167. The van der Waals surface area contributed by atoms with Crippen molar-refractivity contribution in [3.05, 3.63) is 71.8 Å². The number of anilines is 1. The predicted molar refractivity (Wildman–Crippen MR) is 89.9 cm³/mol. The number of amides is 1. The number of aryl methyl sites for hydroxylation is 1. The molecule has 1 amide bonds. The number of halogens is 3.